The average Bonchev–Trinajstić information content (AvgIpc) is 2.70. The molecule has 96 valence electrons. The predicted molar refractivity (Wildman–Crippen MR) is 80.6 cm³/mol. The molecule has 0 aliphatic carbocycles. The van der Waals surface area contributed by atoms with Crippen molar-refractivity contribution >= 4 is 44.7 Å². The lowest BCUT2D eigenvalue weighted by Gasteiger charge is -2.14. The molecule has 2 heterocycles. The molecule has 0 aliphatic rings. The fraction of sp³-hybridized carbons (Fsp3) is 0.333. The van der Waals surface area contributed by atoms with Crippen molar-refractivity contribution in [3.8, 4) is 0 Å². The van der Waals surface area contributed by atoms with Crippen LogP contribution in [0.4, 0.5) is 5.82 Å². The minimum absolute atomic E-state index is 0.283. The van der Waals surface area contributed by atoms with Gasteiger partial charge in [-0.05, 0) is 41.9 Å². The van der Waals surface area contributed by atoms with Crippen LogP contribution in [0, 0.1) is 6.92 Å². The molecule has 0 bridgehead atoms. The molecular weight excluding hydrogens is 334 g/mol. The first-order chi connectivity index (χ1) is 8.56. The summed E-state index contributed by atoms with van der Waals surface area (Å²) in [6.45, 7) is 4.24. The lowest BCUT2D eigenvalue weighted by Crippen LogP contribution is -2.18. The van der Waals surface area contributed by atoms with Gasteiger partial charge in [0.25, 0.3) is 0 Å². The molecule has 0 aromatic carbocycles. The van der Waals surface area contributed by atoms with E-state index in [-0.39, 0.29) is 6.04 Å². The van der Waals surface area contributed by atoms with Gasteiger partial charge in [-0.2, -0.15) is 0 Å². The van der Waals surface area contributed by atoms with Gasteiger partial charge in [-0.25, -0.2) is 9.97 Å². The Morgan fingerprint density at radius 3 is 2.89 bits per heavy atom. The van der Waals surface area contributed by atoms with Gasteiger partial charge >= 0.3 is 0 Å². The van der Waals surface area contributed by atoms with E-state index in [9.17, 15) is 0 Å². The highest BCUT2D eigenvalue weighted by molar-refractivity contribution is 9.10. The fourth-order valence-electron chi connectivity index (χ4n) is 1.63. The van der Waals surface area contributed by atoms with E-state index in [0.29, 0.717) is 9.63 Å². The van der Waals surface area contributed by atoms with E-state index >= 15 is 0 Å². The van der Waals surface area contributed by atoms with Gasteiger partial charge in [0.2, 0.25) is 0 Å². The summed E-state index contributed by atoms with van der Waals surface area (Å²) in [5, 5.41) is 3.76. The van der Waals surface area contributed by atoms with Crippen molar-refractivity contribution in [1.82, 2.24) is 9.97 Å². The van der Waals surface area contributed by atoms with Crippen LogP contribution in [0.25, 0.3) is 0 Å². The van der Waals surface area contributed by atoms with E-state index in [4.69, 9.17) is 11.6 Å². The Kier molecular flexibility index (Phi) is 4.59. The van der Waals surface area contributed by atoms with Crippen LogP contribution in [0.1, 0.15) is 16.7 Å². The minimum atomic E-state index is 0.283. The first-order valence-corrected chi connectivity index (χ1v) is 7.53. The van der Waals surface area contributed by atoms with Crippen LogP contribution in [-0.2, 0) is 6.42 Å². The van der Waals surface area contributed by atoms with Crippen molar-refractivity contribution in [2.75, 3.05) is 5.32 Å². The monoisotopic (exact) mass is 345 g/mol. The molecule has 3 nitrogen and oxygen atoms in total. The number of aryl methyl sites for hydroxylation is 1. The van der Waals surface area contributed by atoms with Crippen molar-refractivity contribution in [2.24, 2.45) is 0 Å². The summed E-state index contributed by atoms with van der Waals surface area (Å²) in [5.74, 6) is 0.732. The van der Waals surface area contributed by atoms with Gasteiger partial charge in [0, 0.05) is 22.2 Å². The maximum absolute atomic E-state index is 5.92. The second-order valence-corrected chi connectivity index (χ2v) is 6.61. The van der Waals surface area contributed by atoms with Gasteiger partial charge in [0.15, 0.2) is 0 Å². The maximum Gasteiger partial charge on any atom is 0.148 e. The van der Waals surface area contributed by atoms with Gasteiger partial charge in [0.1, 0.15) is 17.3 Å². The fourth-order valence-corrected chi connectivity index (χ4v) is 3.10. The molecule has 1 atom stereocenters. The Morgan fingerprint density at radius 2 is 2.22 bits per heavy atom. The number of aromatic nitrogens is 2. The number of thiophene rings is 1. The van der Waals surface area contributed by atoms with Crippen molar-refractivity contribution in [3.05, 3.63) is 37.8 Å². The van der Waals surface area contributed by atoms with E-state index in [2.05, 4.69) is 57.2 Å². The quantitative estimate of drug-likeness (QED) is 0.838. The predicted octanol–water partition coefficient (Wildman–Crippen LogP) is 4.31. The summed E-state index contributed by atoms with van der Waals surface area (Å²) >= 11 is 11.1. The highest BCUT2D eigenvalue weighted by atomic mass is 79.9. The zero-order chi connectivity index (χ0) is 13.1. The highest BCUT2D eigenvalue weighted by Crippen LogP contribution is 2.27. The smallest absolute Gasteiger partial charge is 0.148 e. The molecule has 0 saturated heterocycles. The largest absolute Gasteiger partial charge is 0.366 e. The lowest BCUT2D eigenvalue weighted by atomic mass is 10.2. The van der Waals surface area contributed by atoms with Gasteiger partial charge in [-0.3, -0.25) is 0 Å². The minimum Gasteiger partial charge on any atom is -0.366 e. The Hall–Kier alpha value is -0.650. The van der Waals surface area contributed by atoms with Crippen LogP contribution >= 0.6 is 38.9 Å². The topological polar surface area (TPSA) is 37.8 Å². The summed E-state index contributed by atoms with van der Waals surface area (Å²) < 4.78 is 0.709. The number of anilines is 1. The van der Waals surface area contributed by atoms with Crippen LogP contribution in [0.5, 0.6) is 0 Å². The summed E-state index contributed by atoms with van der Waals surface area (Å²) in [6, 6.07) is 4.59. The van der Waals surface area contributed by atoms with Crippen LogP contribution in [-0.4, -0.2) is 16.0 Å². The first kappa shape index (κ1) is 13.8. The second kappa shape index (κ2) is 5.99. The molecular formula is C12H13BrClN3S. The molecule has 0 amide bonds. The normalized spacial score (nSPS) is 12.4. The Labute approximate surface area is 124 Å². The molecule has 6 heteroatoms. The SMILES string of the molecule is Cc1ccc(CC(C)Nc2ncnc(Cl)c2Br)s1. The number of nitrogens with zero attached hydrogens (tertiary/aromatic N) is 2. The summed E-state index contributed by atoms with van der Waals surface area (Å²) in [7, 11) is 0. The van der Waals surface area contributed by atoms with Crippen molar-refractivity contribution in [2.45, 2.75) is 26.3 Å². The van der Waals surface area contributed by atoms with E-state index in [1.54, 1.807) is 0 Å². The Balaban J connectivity index is 2.03. The molecule has 2 rings (SSSR count). The highest BCUT2D eigenvalue weighted by Gasteiger charge is 2.10. The van der Waals surface area contributed by atoms with E-state index in [1.807, 2.05) is 11.3 Å². The number of hydrogen-bond acceptors (Lipinski definition) is 4. The molecule has 0 aliphatic heterocycles. The van der Waals surface area contributed by atoms with E-state index in [1.165, 1.54) is 16.1 Å². The van der Waals surface area contributed by atoms with Crippen LogP contribution in [0.2, 0.25) is 5.15 Å². The molecule has 0 fully saturated rings. The third-order valence-electron chi connectivity index (χ3n) is 2.43. The second-order valence-electron chi connectivity index (χ2n) is 4.09. The molecule has 0 spiro atoms. The number of rotatable bonds is 4. The summed E-state index contributed by atoms with van der Waals surface area (Å²) in [6.07, 6.45) is 2.42. The van der Waals surface area contributed by atoms with Gasteiger partial charge in [-0.15, -0.1) is 11.3 Å². The molecule has 2 aromatic heterocycles. The average molecular weight is 347 g/mol. The van der Waals surface area contributed by atoms with Crippen molar-refractivity contribution < 1.29 is 0 Å². The third kappa shape index (κ3) is 3.43. The molecule has 0 saturated carbocycles. The third-order valence-corrected chi connectivity index (χ3v) is 4.72. The van der Waals surface area contributed by atoms with Crippen molar-refractivity contribution in [1.29, 1.82) is 0 Å². The molecule has 2 aromatic rings. The Bertz CT molecular complexity index is 544. The van der Waals surface area contributed by atoms with Crippen LogP contribution in [0.3, 0.4) is 0 Å². The zero-order valence-electron chi connectivity index (χ0n) is 10.1. The van der Waals surface area contributed by atoms with E-state index in [0.717, 1.165) is 12.2 Å². The lowest BCUT2D eigenvalue weighted by molar-refractivity contribution is 0.792. The molecule has 0 radical (unpaired) electrons. The maximum atomic E-state index is 5.92. The standard InChI is InChI=1S/C12H13BrClN3S/c1-7(5-9-4-3-8(2)18-9)17-12-10(13)11(14)15-6-16-12/h3-4,6-7H,5H2,1-2H3,(H,15,16,17). The zero-order valence-corrected chi connectivity index (χ0v) is 13.2. The molecule has 1 N–H and O–H groups in total. The van der Waals surface area contributed by atoms with Crippen molar-refractivity contribution in [3.63, 3.8) is 0 Å². The number of nitrogens with one attached hydrogen (secondary N) is 1. The number of halogens is 2. The van der Waals surface area contributed by atoms with Crippen LogP contribution < -0.4 is 5.32 Å². The molecule has 1 unspecified atom stereocenters. The Morgan fingerprint density at radius 1 is 1.44 bits per heavy atom. The number of hydrogen-bond donors (Lipinski definition) is 1. The summed E-state index contributed by atoms with van der Waals surface area (Å²) in [5.41, 5.74) is 0. The van der Waals surface area contributed by atoms with Gasteiger partial charge in [-0.1, -0.05) is 11.6 Å². The van der Waals surface area contributed by atoms with E-state index < -0.39 is 0 Å². The van der Waals surface area contributed by atoms with Gasteiger partial charge < -0.3 is 5.32 Å². The van der Waals surface area contributed by atoms with Gasteiger partial charge in [0.05, 0.1) is 4.47 Å². The summed E-state index contributed by atoms with van der Waals surface area (Å²) in [4.78, 5) is 10.8. The molecule has 18 heavy (non-hydrogen) atoms. The first-order valence-electron chi connectivity index (χ1n) is 5.54. The van der Waals surface area contributed by atoms with Crippen LogP contribution in [0.15, 0.2) is 22.9 Å².